The van der Waals surface area contributed by atoms with E-state index >= 15 is 0 Å². The summed E-state index contributed by atoms with van der Waals surface area (Å²) < 4.78 is 108. The first kappa shape index (κ1) is 59.6. The van der Waals surface area contributed by atoms with E-state index in [1.807, 2.05) is 0 Å². The third-order valence-electron chi connectivity index (χ3n) is 12.2. The normalized spacial score (nSPS) is 12.1. The molecule has 6 aromatic carbocycles. The summed E-state index contributed by atoms with van der Waals surface area (Å²) in [6.07, 6.45) is -7.30. The summed E-state index contributed by atoms with van der Waals surface area (Å²) in [5.74, 6) is -5.86. The number of ether oxygens (including phenoxy) is 6. The highest BCUT2D eigenvalue weighted by molar-refractivity contribution is 6.01. The van der Waals surface area contributed by atoms with E-state index in [9.17, 15) is 55.7 Å². The molecule has 0 heterocycles. The van der Waals surface area contributed by atoms with Gasteiger partial charge in [-0.25, -0.2) is 9.59 Å². The molecule has 0 saturated heterocycles. The maximum absolute atomic E-state index is 14.2. The molecule has 0 radical (unpaired) electrons. The highest BCUT2D eigenvalue weighted by Crippen LogP contribution is 2.43. The van der Waals surface area contributed by atoms with Gasteiger partial charge in [-0.3, -0.25) is 9.59 Å². The van der Waals surface area contributed by atoms with E-state index in [4.69, 9.17) is 39.9 Å². The Morgan fingerprint density at radius 3 is 1.29 bits per heavy atom. The number of alkyl halides is 6. The SMILES string of the molecule is COc1cc(C(=O)Oc2ccc(/C=C/C(=O)CC(Cc3ccc(N)cc3)(Cc3ccc(N)cc3)C(O)(O)C(=O)/C=C/c3ccc(OC(=O)c4ccc(OCCCC(F)(F)F)c(OC)c4)cc3)cc2)ccc1OCCCC(F)(F)F. The number of ketones is 2. The van der Waals surface area contributed by atoms with Crippen molar-refractivity contribution in [2.45, 2.75) is 63.1 Å². The Morgan fingerprint density at radius 2 is 0.911 bits per heavy atom. The second-order valence-corrected chi connectivity index (χ2v) is 18.2. The van der Waals surface area contributed by atoms with Crippen molar-refractivity contribution in [2.24, 2.45) is 5.41 Å². The van der Waals surface area contributed by atoms with Crippen molar-refractivity contribution >= 4 is 47.0 Å². The predicted octanol–water partition coefficient (Wildman–Crippen LogP) is 11.2. The van der Waals surface area contributed by atoms with Gasteiger partial charge in [-0.05, 0) is 145 Å². The van der Waals surface area contributed by atoms with Gasteiger partial charge in [0.15, 0.2) is 28.8 Å². The molecule has 14 nitrogen and oxygen atoms in total. The lowest BCUT2D eigenvalue weighted by atomic mass is 9.65. The topological polar surface area (TPSA) is 216 Å². The third-order valence-corrected chi connectivity index (χ3v) is 12.2. The summed E-state index contributed by atoms with van der Waals surface area (Å²) >= 11 is 0. The van der Waals surface area contributed by atoms with Crippen molar-refractivity contribution in [3.8, 4) is 34.5 Å². The quantitative estimate of drug-likeness (QED) is 0.00756. The molecule has 0 bridgehead atoms. The molecular weight excluding hydrogens is 1040 g/mol. The Bertz CT molecular complexity index is 3060. The second-order valence-electron chi connectivity index (χ2n) is 18.2. The summed E-state index contributed by atoms with van der Waals surface area (Å²) in [5, 5.41) is 24.5. The standard InChI is InChI=1S/C59H56F6N2O12/c1-74-51-33-42(15-26-49(51)76-31-3-29-57(60,61)62)54(70)78-47-22-10-38(11-23-47)9-21-46(68)37-56(35-40-5-17-44(66)18-6-40,36-41-7-19-45(67)20-8-41)59(72,73)53(69)28-14-39-12-24-48(25-13-39)79-55(71)43-16-27-50(52(34-43)75-2)77-32-4-30-58(63,64)65/h5-28,33-34,72-73H,3-4,29-32,35-37,66-67H2,1-2H3/b21-9+,28-14+. The third kappa shape index (κ3) is 17.7. The van der Waals surface area contributed by atoms with Crippen LogP contribution in [0.1, 0.15) is 75.1 Å². The van der Waals surface area contributed by atoms with E-state index < -0.39 is 66.3 Å². The van der Waals surface area contributed by atoms with Gasteiger partial charge in [-0.15, -0.1) is 0 Å². The minimum absolute atomic E-state index is 0.0467. The summed E-state index contributed by atoms with van der Waals surface area (Å²) in [6, 6.07) is 33.0. The summed E-state index contributed by atoms with van der Waals surface area (Å²) in [4.78, 5) is 54.5. The molecule has 79 heavy (non-hydrogen) atoms. The lowest BCUT2D eigenvalue weighted by Gasteiger charge is -2.42. The fourth-order valence-corrected chi connectivity index (χ4v) is 8.10. The molecule has 0 aliphatic rings. The molecule has 0 unspecified atom stereocenters. The van der Waals surface area contributed by atoms with Crippen LogP contribution in [-0.2, 0) is 22.4 Å². The minimum atomic E-state index is -4.33. The number of halogens is 6. The number of hydrogen-bond acceptors (Lipinski definition) is 14. The predicted molar refractivity (Wildman–Crippen MR) is 282 cm³/mol. The number of carbonyl (C=O) groups excluding carboxylic acids is 4. The molecule has 6 N–H and O–H groups in total. The Labute approximate surface area is 450 Å². The average molecular weight is 1100 g/mol. The summed E-state index contributed by atoms with van der Waals surface area (Å²) in [7, 11) is 2.61. The van der Waals surface area contributed by atoms with Gasteiger partial charge in [0.25, 0.3) is 0 Å². The van der Waals surface area contributed by atoms with Crippen LogP contribution in [0.15, 0.2) is 146 Å². The molecule has 0 atom stereocenters. The van der Waals surface area contributed by atoms with Crippen molar-refractivity contribution in [2.75, 3.05) is 38.9 Å². The molecule has 0 aliphatic heterocycles. The molecule has 416 valence electrons. The lowest BCUT2D eigenvalue weighted by molar-refractivity contribution is -0.230. The van der Waals surface area contributed by atoms with Gasteiger partial charge in [0.05, 0.1) is 38.6 Å². The monoisotopic (exact) mass is 1100 g/mol. The number of methoxy groups -OCH3 is 2. The van der Waals surface area contributed by atoms with E-state index in [1.54, 1.807) is 60.7 Å². The van der Waals surface area contributed by atoms with E-state index in [0.717, 1.165) is 6.08 Å². The van der Waals surface area contributed by atoms with Crippen LogP contribution in [0.5, 0.6) is 34.5 Å². The number of rotatable bonds is 26. The minimum Gasteiger partial charge on any atom is -0.493 e. The zero-order valence-corrected chi connectivity index (χ0v) is 42.8. The van der Waals surface area contributed by atoms with Crippen molar-refractivity contribution in [3.63, 3.8) is 0 Å². The molecule has 0 saturated carbocycles. The number of aliphatic hydroxyl groups is 2. The first-order chi connectivity index (χ1) is 37.4. The zero-order valence-electron chi connectivity index (χ0n) is 42.8. The molecule has 0 aromatic heterocycles. The fourth-order valence-electron chi connectivity index (χ4n) is 8.10. The Morgan fingerprint density at radius 1 is 0.519 bits per heavy atom. The molecule has 0 fully saturated rings. The number of nitrogen functional groups attached to an aromatic ring is 2. The van der Waals surface area contributed by atoms with Crippen LogP contribution >= 0.6 is 0 Å². The van der Waals surface area contributed by atoms with Gasteiger partial charge in [-0.1, -0.05) is 60.7 Å². The Hall–Kier alpha value is -8.62. The molecule has 6 aromatic rings. The number of carbonyl (C=O) groups is 4. The maximum Gasteiger partial charge on any atom is 0.389 e. The van der Waals surface area contributed by atoms with E-state index in [0.29, 0.717) is 33.6 Å². The number of hydrogen-bond donors (Lipinski definition) is 4. The molecule has 0 amide bonds. The largest absolute Gasteiger partial charge is 0.493 e. The average Bonchev–Trinajstić information content (AvgIpc) is 3.44. The van der Waals surface area contributed by atoms with Gasteiger partial charge >= 0.3 is 24.3 Å². The molecule has 0 aliphatic carbocycles. The number of anilines is 2. The Kier molecular flexibility index (Phi) is 20.1. The van der Waals surface area contributed by atoms with Crippen LogP contribution in [0.3, 0.4) is 0 Å². The van der Waals surface area contributed by atoms with Crippen LogP contribution in [0, 0.1) is 5.41 Å². The fraction of sp³-hybridized carbons (Fsp3) is 0.254. The van der Waals surface area contributed by atoms with Crippen molar-refractivity contribution in [3.05, 3.63) is 179 Å². The van der Waals surface area contributed by atoms with Crippen LogP contribution in [-0.4, -0.2) is 79.3 Å². The summed E-state index contributed by atoms with van der Waals surface area (Å²) in [5.41, 5.74) is 12.9. The molecule has 20 heteroatoms. The van der Waals surface area contributed by atoms with Gasteiger partial charge in [-0.2, -0.15) is 26.3 Å². The molecule has 6 rings (SSSR count). The van der Waals surface area contributed by atoms with Gasteiger partial charge in [0, 0.05) is 36.1 Å². The van der Waals surface area contributed by atoms with Crippen LogP contribution < -0.4 is 39.9 Å². The first-order valence-electron chi connectivity index (χ1n) is 24.4. The number of benzene rings is 6. The summed E-state index contributed by atoms with van der Waals surface area (Å²) in [6.45, 7) is -0.463. The van der Waals surface area contributed by atoms with E-state index in [2.05, 4.69) is 0 Å². The lowest BCUT2D eigenvalue weighted by Crippen LogP contribution is -2.57. The maximum atomic E-state index is 14.2. The zero-order chi connectivity index (χ0) is 57.4. The van der Waals surface area contributed by atoms with Gasteiger partial charge in [0.2, 0.25) is 11.6 Å². The van der Waals surface area contributed by atoms with Crippen molar-refractivity contribution < 1.29 is 84.2 Å². The van der Waals surface area contributed by atoms with Crippen molar-refractivity contribution in [1.29, 1.82) is 0 Å². The second kappa shape index (κ2) is 26.6. The Balaban J connectivity index is 1.17. The number of allylic oxidation sites excluding steroid dienone is 1. The molecule has 0 spiro atoms. The molecular formula is C59H56F6N2O12. The van der Waals surface area contributed by atoms with E-state index in [1.165, 1.54) is 105 Å². The van der Waals surface area contributed by atoms with Crippen molar-refractivity contribution in [1.82, 2.24) is 0 Å². The first-order valence-corrected chi connectivity index (χ1v) is 24.4. The highest BCUT2D eigenvalue weighted by atomic mass is 19.4. The van der Waals surface area contributed by atoms with Crippen LogP contribution in [0.25, 0.3) is 12.2 Å². The van der Waals surface area contributed by atoms with Crippen LogP contribution in [0.2, 0.25) is 0 Å². The van der Waals surface area contributed by atoms with Gasteiger partial charge < -0.3 is 50.1 Å². The van der Waals surface area contributed by atoms with Gasteiger partial charge in [0.1, 0.15) is 11.5 Å². The highest BCUT2D eigenvalue weighted by Gasteiger charge is 2.54. The number of esters is 2. The van der Waals surface area contributed by atoms with E-state index in [-0.39, 0.29) is 84.5 Å². The number of nitrogens with two attached hydrogens (primary N) is 2. The van der Waals surface area contributed by atoms with Crippen LogP contribution in [0.4, 0.5) is 37.7 Å². The smallest absolute Gasteiger partial charge is 0.389 e.